The van der Waals surface area contributed by atoms with E-state index in [4.69, 9.17) is 9.47 Å². The van der Waals surface area contributed by atoms with Crippen molar-refractivity contribution in [3.8, 4) is 11.5 Å². The molecule has 0 bridgehead atoms. The molecule has 0 spiro atoms. The fourth-order valence-electron chi connectivity index (χ4n) is 2.70. The standard InChI is InChI=1S/C21H19BrN2O5S/c1-28-15-10-11-19(20(13-15)29-2)23-21(25)17-8-3-4-9-18(17)24-30(26,27)16-7-5-6-14(22)12-16/h3-13,24H,1-2H3,(H,23,25). The zero-order valence-electron chi connectivity index (χ0n) is 16.2. The summed E-state index contributed by atoms with van der Waals surface area (Å²) in [5, 5.41) is 2.74. The second kappa shape index (κ2) is 9.19. The van der Waals surface area contributed by atoms with Crippen LogP contribution in [0.4, 0.5) is 11.4 Å². The monoisotopic (exact) mass is 490 g/mol. The molecule has 0 aliphatic heterocycles. The van der Waals surface area contributed by atoms with Crippen LogP contribution in [-0.4, -0.2) is 28.5 Å². The molecule has 0 unspecified atom stereocenters. The van der Waals surface area contributed by atoms with Gasteiger partial charge in [0.2, 0.25) is 0 Å². The lowest BCUT2D eigenvalue weighted by atomic mass is 10.1. The summed E-state index contributed by atoms with van der Waals surface area (Å²) in [5.41, 5.74) is 0.740. The minimum atomic E-state index is -3.89. The van der Waals surface area contributed by atoms with Crippen LogP contribution in [0, 0.1) is 0 Å². The first-order valence-electron chi connectivity index (χ1n) is 8.75. The van der Waals surface area contributed by atoms with Crippen LogP contribution in [0.5, 0.6) is 11.5 Å². The van der Waals surface area contributed by atoms with E-state index in [-0.39, 0.29) is 16.1 Å². The molecule has 1 amide bonds. The van der Waals surface area contributed by atoms with E-state index in [2.05, 4.69) is 26.0 Å². The Morgan fingerprint density at radius 1 is 0.900 bits per heavy atom. The van der Waals surface area contributed by atoms with Crippen molar-refractivity contribution in [2.24, 2.45) is 0 Å². The third-order valence-corrected chi connectivity index (χ3v) is 6.04. The quantitative estimate of drug-likeness (QED) is 0.507. The smallest absolute Gasteiger partial charge is 0.261 e. The predicted molar refractivity (Wildman–Crippen MR) is 119 cm³/mol. The van der Waals surface area contributed by atoms with Crippen LogP contribution >= 0.6 is 15.9 Å². The topological polar surface area (TPSA) is 93.7 Å². The highest BCUT2D eigenvalue weighted by molar-refractivity contribution is 9.10. The summed E-state index contributed by atoms with van der Waals surface area (Å²) in [6.45, 7) is 0. The fourth-order valence-corrected chi connectivity index (χ4v) is 4.38. The lowest BCUT2D eigenvalue weighted by molar-refractivity contribution is 0.102. The maximum atomic E-state index is 12.9. The van der Waals surface area contributed by atoms with E-state index in [9.17, 15) is 13.2 Å². The molecule has 156 valence electrons. The Morgan fingerprint density at radius 2 is 1.67 bits per heavy atom. The number of carbonyl (C=O) groups excluding carboxylic acids is 1. The summed E-state index contributed by atoms with van der Waals surface area (Å²) in [5.74, 6) is 0.493. The van der Waals surface area contributed by atoms with Gasteiger partial charge in [-0.05, 0) is 42.5 Å². The molecule has 3 rings (SSSR count). The highest BCUT2D eigenvalue weighted by atomic mass is 79.9. The van der Waals surface area contributed by atoms with Crippen molar-refractivity contribution in [2.45, 2.75) is 4.90 Å². The lowest BCUT2D eigenvalue weighted by Crippen LogP contribution is -2.19. The molecule has 0 aliphatic rings. The van der Waals surface area contributed by atoms with Crippen LogP contribution in [0.3, 0.4) is 0 Å². The maximum absolute atomic E-state index is 12.9. The number of ether oxygens (including phenoxy) is 2. The number of carbonyl (C=O) groups is 1. The van der Waals surface area contributed by atoms with E-state index in [1.807, 2.05) is 0 Å². The molecule has 0 saturated heterocycles. The highest BCUT2D eigenvalue weighted by Crippen LogP contribution is 2.30. The molecule has 3 aromatic rings. The van der Waals surface area contributed by atoms with Gasteiger partial charge in [-0.25, -0.2) is 8.42 Å². The van der Waals surface area contributed by atoms with Crippen molar-refractivity contribution < 1.29 is 22.7 Å². The Balaban J connectivity index is 1.89. The Morgan fingerprint density at radius 3 is 2.37 bits per heavy atom. The molecular weight excluding hydrogens is 472 g/mol. The number of hydrogen-bond donors (Lipinski definition) is 2. The third-order valence-electron chi connectivity index (χ3n) is 4.18. The summed E-state index contributed by atoms with van der Waals surface area (Å²) in [7, 11) is -0.883. The van der Waals surface area contributed by atoms with Gasteiger partial charge in [0.25, 0.3) is 15.9 Å². The molecule has 0 atom stereocenters. The van der Waals surface area contributed by atoms with E-state index in [1.165, 1.54) is 38.5 Å². The summed E-state index contributed by atoms with van der Waals surface area (Å²) in [6.07, 6.45) is 0. The molecule has 2 N–H and O–H groups in total. The molecule has 0 fully saturated rings. The largest absolute Gasteiger partial charge is 0.497 e. The van der Waals surface area contributed by atoms with Crippen molar-refractivity contribution in [1.29, 1.82) is 0 Å². The van der Waals surface area contributed by atoms with Gasteiger partial charge in [0.15, 0.2) is 0 Å². The summed E-state index contributed by atoms with van der Waals surface area (Å²) in [4.78, 5) is 13.0. The predicted octanol–water partition coefficient (Wildman–Crippen LogP) is 4.52. The Kier molecular flexibility index (Phi) is 6.63. The molecule has 0 aliphatic carbocycles. The van der Waals surface area contributed by atoms with Crippen LogP contribution in [0.1, 0.15) is 10.4 Å². The average molecular weight is 491 g/mol. The normalized spacial score (nSPS) is 10.9. The number of anilines is 2. The first-order chi connectivity index (χ1) is 14.3. The van der Waals surface area contributed by atoms with Crippen LogP contribution in [-0.2, 0) is 10.0 Å². The number of hydrogen-bond acceptors (Lipinski definition) is 5. The van der Waals surface area contributed by atoms with Crippen LogP contribution in [0.15, 0.2) is 76.1 Å². The van der Waals surface area contributed by atoms with Gasteiger partial charge in [-0.15, -0.1) is 0 Å². The number of methoxy groups -OCH3 is 2. The van der Waals surface area contributed by atoms with Crippen molar-refractivity contribution >= 4 is 43.2 Å². The summed E-state index contributed by atoms with van der Waals surface area (Å²) in [6, 6.07) is 17.6. The van der Waals surface area contributed by atoms with Gasteiger partial charge in [0.1, 0.15) is 11.5 Å². The molecule has 9 heteroatoms. The first kappa shape index (κ1) is 21.7. The zero-order valence-corrected chi connectivity index (χ0v) is 18.6. The minimum absolute atomic E-state index is 0.0731. The molecule has 0 heterocycles. The molecule has 0 radical (unpaired) electrons. The van der Waals surface area contributed by atoms with E-state index < -0.39 is 15.9 Å². The summed E-state index contributed by atoms with van der Waals surface area (Å²) >= 11 is 3.26. The molecular formula is C21H19BrN2O5S. The SMILES string of the molecule is COc1ccc(NC(=O)c2ccccc2NS(=O)(=O)c2cccc(Br)c2)c(OC)c1. The number of nitrogens with one attached hydrogen (secondary N) is 2. The van der Waals surface area contributed by atoms with Crippen molar-refractivity contribution in [2.75, 3.05) is 24.3 Å². The van der Waals surface area contributed by atoms with E-state index >= 15 is 0 Å². The average Bonchev–Trinajstić information content (AvgIpc) is 2.74. The van der Waals surface area contributed by atoms with Gasteiger partial charge < -0.3 is 14.8 Å². The van der Waals surface area contributed by atoms with Crippen LogP contribution < -0.4 is 19.5 Å². The number of rotatable bonds is 7. The molecule has 0 saturated carbocycles. The van der Waals surface area contributed by atoms with Gasteiger partial charge in [-0.2, -0.15) is 0 Å². The van der Waals surface area contributed by atoms with Gasteiger partial charge >= 0.3 is 0 Å². The first-order valence-corrected chi connectivity index (χ1v) is 11.0. The van der Waals surface area contributed by atoms with Crippen LogP contribution in [0.25, 0.3) is 0 Å². The fraction of sp³-hybridized carbons (Fsp3) is 0.0952. The molecule has 30 heavy (non-hydrogen) atoms. The Hall–Kier alpha value is -3.04. The van der Waals surface area contributed by atoms with Crippen LogP contribution in [0.2, 0.25) is 0 Å². The summed E-state index contributed by atoms with van der Waals surface area (Å²) < 4.78 is 39.1. The number of para-hydroxylation sites is 1. The van der Waals surface area contributed by atoms with E-state index in [0.717, 1.165) is 0 Å². The van der Waals surface area contributed by atoms with Crippen molar-refractivity contribution in [3.05, 3.63) is 76.8 Å². The highest BCUT2D eigenvalue weighted by Gasteiger charge is 2.19. The number of halogens is 1. The Labute approximate surface area is 183 Å². The van der Waals surface area contributed by atoms with E-state index in [0.29, 0.717) is 21.7 Å². The lowest BCUT2D eigenvalue weighted by Gasteiger charge is -2.15. The maximum Gasteiger partial charge on any atom is 0.261 e. The molecule has 0 aromatic heterocycles. The number of amides is 1. The number of benzene rings is 3. The third kappa shape index (κ3) is 4.92. The van der Waals surface area contributed by atoms with Gasteiger partial charge in [-0.3, -0.25) is 9.52 Å². The van der Waals surface area contributed by atoms with Crippen molar-refractivity contribution in [3.63, 3.8) is 0 Å². The zero-order chi connectivity index (χ0) is 21.7. The van der Waals surface area contributed by atoms with Crippen molar-refractivity contribution in [1.82, 2.24) is 0 Å². The van der Waals surface area contributed by atoms with Gasteiger partial charge in [-0.1, -0.05) is 34.1 Å². The molecule has 3 aromatic carbocycles. The second-order valence-corrected chi connectivity index (χ2v) is 8.73. The minimum Gasteiger partial charge on any atom is -0.497 e. The second-order valence-electron chi connectivity index (χ2n) is 6.13. The number of sulfonamides is 1. The van der Waals surface area contributed by atoms with E-state index in [1.54, 1.807) is 42.5 Å². The Bertz CT molecular complexity index is 1180. The van der Waals surface area contributed by atoms with Gasteiger partial charge in [0.05, 0.1) is 36.1 Å². The molecule has 7 nitrogen and oxygen atoms in total. The van der Waals surface area contributed by atoms with Gasteiger partial charge in [0, 0.05) is 10.5 Å².